The Bertz CT molecular complexity index is 238. The normalized spacial score (nSPS) is 24.3. The highest BCUT2D eigenvalue weighted by Gasteiger charge is 2.35. The Morgan fingerprint density at radius 2 is 2.00 bits per heavy atom. The third-order valence-electron chi connectivity index (χ3n) is 1.79. The molecule has 2 atom stereocenters. The first-order valence-corrected chi connectivity index (χ1v) is 3.91. The maximum absolute atomic E-state index is 12.9. The van der Waals surface area contributed by atoms with Crippen LogP contribution in [0.25, 0.3) is 0 Å². The first-order chi connectivity index (χ1) is 5.52. The number of carbonyl (C=O) groups excluding carboxylic acids is 1. The fourth-order valence-corrected chi connectivity index (χ4v) is 0.839. The molecule has 0 radical (unpaired) electrons. The lowest BCUT2D eigenvalue weighted by Gasteiger charge is -2.01. The summed E-state index contributed by atoms with van der Waals surface area (Å²) >= 11 is 0. The van der Waals surface area contributed by atoms with Gasteiger partial charge in [0.2, 0.25) is 0 Å². The maximum atomic E-state index is 12.9. The van der Waals surface area contributed by atoms with E-state index in [-0.39, 0.29) is 24.5 Å². The molecule has 2 unspecified atom stereocenters. The van der Waals surface area contributed by atoms with Gasteiger partial charge < -0.3 is 11.1 Å². The van der Waals surface area contributed by atoms with Gasteiger partial charge in [-0.25, -0.2) is 4.39 Å². The van der Waals surface area contributed by atoms with E-state index in [1.807, 2.05) is 0 Å². The molecule has 1 aliphatic carbocycles. The van der Waals surface area contributed by atoms with E-state index in [0.29, 0.717) is 5.57 Å². The summed E-state index contributed by atoms with van der Waals surface area (Å²) in [6.07, 6.45) is 0.752. The fraction of sp³-hybridized carbons (Fsp3) is 0.625. The summed E-state index contributed by atoms with van der Waals surface area (Å²) in [5, 5.41) is 2.49. The zero-order chi connectivity index (χ0) is 9.30. The van der Waals surface area contributed by atoms with Crippen LogP contribution in [0.2, 0.25) is 0 Å². The molecule has 0 heterocycles. The van der Waals surface area contributed by atoms with Crippen LogP contribution in [0, 0.1) is 0 Å². The van der Waals surface area contributed by atoms with Gasteiger partial charge in [0, 0.05) is 12.1 Å². The van der Waals surface area contributed by atoms with Crippen LogP contribution in [0.4, 0.5) is 4.39 Å². The molecule has 0 aliphatic heterocycles. The number of hydrogen-bond donors (Lipinski definition) is 2. The van der Waals surface area contributed by atoms with Crippen molar-refractivity contribution in [2.75, 3.05) is 0 Å². The van der Waals surface area contributed by atoms with Crippen LogP contribution in [0.15, 0.2) is 11.4 Å². The van der Waals surface area contributed by atoms with Crippen LogP contribution < -0.4 is 11.1 Å². The second-order valence-electron chi connectivity index (χ2n) is 3.29. The minimum Gasteiger partial charge on any atom is -0.346 e. The van der Waals surface area contributed by atoms with E-state index in [0.717, 1.165) is 6.42 Å². The van der Waals surface area contributed by atoms with Crippen molar-refractivity contribution in [2.45, 2.75) is 32.4 Å². The van der Waals surface area contributed by atoms with Crippen LogP contribution in [0.5, 0.6) is 0 Å². The van der Waals surface area contributed by atoms with Gasteiger partial charge in [-0.3, -0.25) is 4.79 Å². The molecule has 1 saturated carbocycles. The van der Waals surface area contributed by atoms with Crippen molar-refractivity contribution >= 4 is 18.3 Å². The van der Waals surface area contributed by atoms with Gasteiger partial charge in [0.05, 0.1) is 0 Å². The lowest BCUT2D eigenvalue weighted by atomic mass is 10.3. The highest BCUT2D eigenvalue weighted by molar-refractivity contribution is 5.92. The number of hydrogen-bond acceptors (Lipinski definition) is 2. The average Bonchev–Trinajstić information content (AvgIpc) is 2.64. The molecule has 13 heavy (non-hydrogen) atoms. The number of nitrogens with two attached hydrogens (primary N) is 1. The summed E-state index contributed by atoms with van der Waals surface area (Å²) in [4.78, 5) is 11.0. The van der Waals surface area contributed by atoms with Crippen LogP contribution in [-0.2, 0) is 4.79 Å². The molecule has 0 saturated heterocycles. The van der Waals surface area contributed by atoms with Crippen molar-refractivity contribution in [1.82, 2.24) is 5.32 Å². The summed E-state index contributed by atoms with van der Waals surface area (Å²) in [5.74, 6) is -1.35. The van der Waals surface area contributed by atoms with E-state index < -0.39 is 11.7 Å². The van der Waals surface area contributed by atoms with Crippen LogP contribution >= 0.6 is 12.4 Å². The van der Waals surface area contributed by atoms with Gasteiger partial charge in [-0.1, -0.05) is 0 Å². The van der Waals surface area contributed by atoms with Crippen molar-refractivity contribution in [3.05, 3.63) is 11.4 Å². The number of nitrogens with one attached hydrogen (secondary N) is 1. The largest absolute Gasteiger partial charge is 0.346 e. The third-order valence-corrected chi connectivity index (χ3v) is 1.79. The monoisotopic (exact) mass is 208 g/mol. The van der Waals surface area contributed by atoms with Gasteiger partial charge in [0.15, 0.2) is 5.83 Å². The number of allylic oxidation sites excluding steroid dienone is 1. The standard InChI is InChI=1S/C8H13FN2O.ClH/c1-4(2)7(9)8(12)11-6-3-5(6)10;/h5-6H,3,10H2,1-2H3,(H,11,12);1H. The Morgan fingerprint density at radius 3 is 2.31 bits per heavy atom. The molecule has 0 spiro atoms. The van der Waals surface area contributed by atoms with E-state index >= 15 is 0 Å². The molecule has 1 rings (SSSR count). The molecule has 0 aromatic heterocycles. The smallest absolute Gasteiger partial charge is 0.280 e. The predicted octanol–water partition coefficient (Wildman–Crippen LogP) is 0.887. The molecule has 0 aromatic carbocycles. The van der Waals surface area contributed by atoms with E-state index in [1.54, 1.807) is 13.8 Å². The summed E-state index contributed by atoms with van der Waals surface area (Å²) in [6, 6.07) is -0.0125. The summed E-state index contributed by atoms with van der Waals surface area (Å²) < 4.78 is 12.9. The molecule has 76 valence electrons. The Hall–Kier alpha value is -0.610. The zero-order valence-corrected chi connectivity index (χ0v) is 8.45. The first-order valence-electron chi connectivity index (χ1n) is 3.91. The summed E-state index contributed by atoms with van der Waals surface area (Å²) in [7, 11) is 0. The number of halogens is 2. The molecule has 0 aromatic rings. The van der Waals surface area contributed by atoms with E-state index in [2.05, 4.69) is 5.32 Å². The molecule has 1 fully saturated rings. The van der Waals surface area contributed by atoms with Crippen molar-refractivity contribution in [1.29, 1.82) is 0 Å². The average molecular weight is 209 g/mol. The molecule has 3 N–H and O–H groups in total. The predicted molar refractivity (Wildman–Crippen MR) is 51.3 cm³/mol. The number of carbonyl (C=O) groups is 1. The second kappa shape index (κ2) is 4.58. The second-order valence-corrected chi connectivity index (χ2v) is 3.29. The van der Waals surface area contributed by atoms with Crippen LogP contribution in [-0.4, -0.2) is 18.0 Å². The topological polar surface area (TPSA) is 55.1 Å². The summed E-state index contributed by atoms with van der Waals surface area (Å²) in [5.41, 5.74) is 5.83. The molecule has 5 heteroatoms. The Morgan fingerprint density at radius 1 is 1.54 bits per heavy atom. The minimum absolute atomic E-state index is 0. The van der Waals surface area contributed by atoms with Crippen LogP contribution in [0.3, 0.4) is 0 Å². The molecular weight excluding hydrogens is 195 g/mol. The highest BCUT2D eigenvalue weighted by atomic mass is 35.5. The molecule has 3 nitrogen and oxygen atoms in total. The zero-order valence-electron chi connectivity index (χ0n) is 7.63. The Labute approximate surface area is 83.0 Å². The minimum atomic E-state index is -0.700. The number of rotatable bonds is 2. The van der Waals surface area contributed by atoms with E-state index in [4.69, 9.17) is 5.73 Å². The Balaban J connectivity index is 0.00000144. The van der Waals surface area contributed by atoms with Crippen molar-refractivity contribution in [3.63, 3.8) is 0 Å². The van der Waals surface area contributed by atoms with Crippen LogP contribution in [0.1, 0.15) is 20.3 Å². The van der Waals surface area contributed by atoms with Gasteiger partial charge >= 0.3 is 0 Å². The van der Waals surface area contributed by atoms with Gasteiger partial charge in [-0.2, -0.15) is 0 Å². The van der Waals surface area contributed by atoms with E-state index in [1.165, 1.54) is 0 Å². The van der Waals surface area contributed by atoms with Crippen molar-refractivity contribution in [2.24, 2.45) is 5.73 Å². The van der Waals surface area contributed by atoms with E-state index in [9.17, 15) is 9.18 Å². The molecule has 1 aliphatic rings. The third kappa shape index (κ3) is 3.32. The lowest BCUT2D eigenvalue weighted by molar-refractivity contribution is -0.119. The lowest BCUT2D eigenvalue weighted by Crippen LogP contribution is -2.30. The van der Waals surface area contributed by atoms with Gasteiger partial charge in [0.1, 0.15) is 0 Å². The molecule has 1 amide bonds. The van der Waals surface area contributed by atoms with Gasteiger partial charge in [-0.15, -0.1) is 12.4 Å². The Kier molecular flexibility index (Phi) is 4.36. The highest BCUT2D eigenvalue weighted by Crippen LogP contribution is 2.18. The van der Waals surface area contributed by atoms with Gasteiger partial charge in [-0.05, 0) is 25.8 Å². The molecule has 0 bridgehead atoms. The SMILES string of the molecule is CC(C)=C(F)C(=O)NC1CC1N.Cl. The quantitative estimate of drug-likeness (QED) is 0.663. The van der Waals surface area contributed by atoms with Crippen molar-refractivity contribution < 1.29 is 9.18 Å². The maximum Gasteiger partial charge on any atom is 0.280 e. The van der Waals surface area contributed by atoms with Crippen molar-refractivity contribution in [3.8, 4) is 0 Å². The van der Waals surface area contributed by atoms with Gasteiger partial charge in [0.25, 0.3) is 5.91 Å². The number of amides is 1. The summed E-state index contributed by atoms with van der Waals surface area (Å²) in [6.45, 7) is 3.11. The molecular formula is C8H14ClFN2O. The first kappa shape index (κ1) is 12.4. The fourth-order valence-electron chi connectivity index (χ4n) is 0.839.